The zero-order chi connectivity index (χ0) is 15.7. The summed E-state index contributed by atoms with van der Waals surface area (Å²) < 4.78 is 11.3. The molecule has 0 aliphatic carbocycles. The first kappa shape index (κ1) is 18.2. The lowest BCUT2D eigenvalue weighted by Gasteiger charge is -2.21. The molecule has 0 fully saturated rings. The van der Waals surface area contributed by atoms with Crippen molar-refractivity contribution in [1.29, 1.82) is 0 Å². The quantitative estimate of drug-likeness (QED) is 0.695. The van der Waals surface area contributed by atoms with Crippen LogP contribution in [0.1, 0.15) is 39.7 Å². The maximum absolute atomic E-state index is 5.88. The molecule has 0 saturated carbocycles. The van der Waals surface area contributed by atoms with Crippen LogP contribution in [0.15, 0.2) is 18.2 Å². The van der Waals surface area contributed by atoms with Crippen LogP contribution in [0.5, 0.6) is 11.5 Å². The molecule has 1 aromatic rings. The highest BCUT2D eigenvalue weighted by Gasteiger charge is 2.10. The zero-order valence-corrected chi connectivity index (χ0v) is 14.8. The molecule has 0 heterocycles. The number of thioether (sulfide) groups is 1. The average Bonchev–Trinajstić information content (AvgIpc) is 2.44. The Bertz CT molecular complexity index is 416. The van der Waals surface area contributed by atoms with Gasteiger partial charge in [0.1, 0.15) is 0 Å². The van der Waals surface area contributed by atoms with Gasteiger partial charge in [-0.1, -0.05) is 13.0 Å². The summed E-state index contributed by atoms with van der Waals surface area (Å²) in [5.74, 6) is 3.95. The van der Waals surface area contributed by atoms with Gasteiger partial charge < -0.3 is 14.8 Å². The van der Waals surface area contributed by atoms with Gasteiger partial charge in [0.2, 0.25) is 0 Å². The molecule has 1 aromatic carbocycles. The van der Waals surface area contributed by atoms with Crippen molar-refractivity contribution in [3.63, 3.8) is 0 Å². The van der Waals surface area contributed by atoms with E-state index in [2.05, 4.69) is 45.1 Å². The minimum absolute atomic E-state index is 0.109. The largest absolute Gasteiger partial charge is 0.493 e. The van der Waals surface area contributed by atoms with E-state index in [0.717, 1.165) is 42.6 Å². The van der Waals surface area contributed by atoms with Gasteiger partial charge in [0.15, 0.2) is 11.5 Å². The van der Waals surface area contributed by atoms with E-state index in [4.69, 9.17) is 9.47 Å². The van der Waals surface area contributed by atoms with Crippen molar-refractivity contribution in [2.24, 2.45) is 0 Å². The fourth-order valence-corrected chi connectivity index (χ4v) is 2.41. The topological polar surface area (TPSA) is 30.5 Å². The maximum Gasteiger partial charge on any atom is 0.161 e. The molecule has 0 atom stereocenters. The van der Waals surface area contributed by atoms with E-state index in [1.165, 1.54) is 5.56 Å². The van der Waals surface area contributed by atoms with Crippen molar-refractivity contribution in [3.8, 4) is 11.5 Å². The number of benzene rings is 1. The smallest absolute Gasteiger partial charge is 0.161 e. The molecule has 0 saturated heterocycles. The van der Waals surface area contributed by atoms with Gasteiger partial charge >= 0.3 is 0 Å². The molecule has 0 spiro atoms. The summed E-state index contributed by atoms with van der Waals surface area (Å²) in [6, 6.07) is 6.14. The van der Waals surface area contributed by atoms with Gasteiger partial charge in [-0.2, -0.15) is 11.8 Å². The number of hydrogen-bond acceptors (Lipinski definition) is 4. The van der Waals surface area contributed by atoms with Gasteiger partial charge in [0, 0.05) is 12.1 Å². The first-order chi connectivity index (χ1) is 9.96. The Morgan fingerprint density at radius 1 is 1.19 bits per heavy atom. The Morgan fingerprint density at radius 3 is 2.57 bits per heavy atom. The van der Waals surface area contributed by atoms with Crippen LogP contribution in [0.25, 0.3) is 0 Å². The molecule has 21 heavy (non-hydrogen) atoms. The third-order valence-electron chi connectivity index (χ3n) is 2.95. The molecule has 0 amide bonds. The van der Waals surface area contributed by atoms with Crippen molar-refractivity contribution in [2.45, 2.75) is 46.2 Å². The Morgan fingerprint density at radius 2 is 1.95 bits per heavy atom. The second-order valence-corrected chi connectivity index (χ2v) is 7.38. The number of nitrogens with one attached hydrogen (secondary N) is 1. The summed E-state index contributed by atoms with van der Waals surface area (Å²) in [4.78, 5) is 0. The molecule has 0 aliphatic heterocycles. The highest BCUT2D eigenvalue weighted by atomic mass is 32.2. The molecular formula is C17H29NO2S. The molecule has 4 heteroatoms. The Labute approximate surface area is 133 Å². The third kappa shape index (κ3) is 7.63. The van der Waals surface area contributed by atoms with Crippen molar-refractivity contribution in [2.75, 3.05) is 25.2 Å². The van der Waals surface area contributed by atoms with Gasteiger partial charge in [-0.25, -0.2) is 0 Å². The van der Waals surface area contributed by atoms with E-state index >= 15 is 0 Å². The van der Waals surface area contributed by atoms with Crippen LogP contribution < -0.4 is 14.8 Å². The van der Waals surface area contributed by atoms with Crippen LogP contribution in [0.2, 0.25) is 0 Å². The lowest BCUT2D eigenvalue weighted by atomic mass is 10.1. The minimum Gasteiger partial charge on any atom is -0.493 e. The van der Waals surface area contributed by atoms with Crippen LogP contribution >= 0.6 is 11.8 Å². The molecule has 0 aliphatic rings. The fraction of sp³-hybridized carbons (Fsp3) is 0.647. The SMILES string of the molecule is CCSCCCOc1cc(CNC(C)(C)C)ccc1OC. The summed E-state index contributed by atoms with van der Waals surface area (Å²) in [5, 5.41) is 3.49. The van der Waals surface area contributed by atoms with Crippen molar-refractivity contribution >= 4 is 11.8 Å². The average molecular weight is 311 g/mol. The van der Waals surface area contributed by atoms with Crippen LogP contribution in [0.3, 0.4) is 0 Å². The summed E-state index contributed by atoms with van der Waals surface area (Å²) in [7, 11) is 1.68. The lowest BCUT2D eigenvalue weighted by molar-refractivity contribution is 0.294. The highest BCUT2D eigenvalue weighted by molar-refractivity contribution is 7.99. The number of methoxy groups -OCH3 is 1. The molecular weight excluding hydrogens is 282 g/mol. The zero-order valence-electron chi connectivity index (χ0n) is 14.0. The predicted molar refractivity (Wildman–Crippen MR) is 92.7 cm³/mol. The van der Waals surface area contributed by atoms with E-state index in [-0.39, 0.29) is 5.54 Å². The molecule has 0 aromatic heterocycles. The van der Waals surface area contributed by atoms with Gasteiger partial charge in [0.05, 0.1) is 13.7 Å². The number of ether oxygens (including phenoxy) is 2. The van der Waals surface area contributed by atoms with Gasteiger partial charge in [0.25, 0.3) is 0 Å². The molecule has 120 valence electrons. The maximum atomic E-state index is 5.88. The molecule has 0 bridgehead atoms. The number of rotatable bonds is 9. The normalized spacial score (nSPS) is 11.5. The molecule has 3 nitrogen and oxygen atoms in total. The van der Waals surface area contributed by atoms with E-state index in [1.807, 2.05) is 17.8 Å². The Balaban J connectivity index is 2.58. The second kappa shape index (κ2) is 9.21. The fourth-order valence-electron chi connectivity index (χ4n) is 1.80. The number of hydrogen-bond donors (Lipinski definition) is 1. The van der Waals surface area contributed by atoms with Gasteiger partial charge in [-0.3, -0.25) is 0 Å². The summed E-state index contributed by atoms with van der Waals surface area (Å²) >= 11 is 1.95. The van der Waals surface area contributed by atoms with Crippen LogP contribution in [-0.2, 0) is 6.54 Å². The third-order valence-corrected chi connectivity index (χ3v) is 3.93. The van der Waals surface area contributed by atoms with Crippen molar-refractivity contribution in [1.82, 2.24) is 5.32 Å². The van der Waals surface area contributed by atoms with E-state index < -0.39 is 0 Å². The summed E-state index contributed by atoms with van der Waals surface area (Å²) in [6.45, 7) is 10.2. The molecule has 1 rings (SSSR count). The van der Waals surface area contributed by atoms with Gasteiger partial charge in [-0.05, 0) is 56.4 Å². The van der Waals surface area contributed by atoms with E-state index in [1.54, 1.807) is 7.11 Å². The van der Waals surface area contributed by atoms with Crippen LogP contribution in [0.4, 0.5) is 0 Å². The van der Waals surface area contributed by atoms with Gasteiger partial charge in [-0.15, -0.1) is 0 Å². The molecule has 1 N–H and O–H groups in total. The van der Waals surface area contributed by atoms with E-state index in [9.17, 15) is 0 Å². The van der Waals surface area contributed by atoms with Crippen molar-refractivity contribution < 1.29 is 9.47 Å². The lowest BCUT2D eigenvalue weighted by Crippen LogP contribution is -2.35. The Hall–Kier alpha value is -0.870. The van der Waals surface area contributed by atoms with E-state index in [0.29, 0.717) is 0 Å². The van der Waals surface area contributed by atoms with Crippen molar-refractivity contribution in [3.05, 3.63) is 23.8 Å². The standard InChI is InChI=1S/C17H29NO2S/c1-6-21-11-7-10-20-16-12-14(8-9-15(16)19-5)13-18-17(2,3)4/h8-9,12,18H,6-7,10-11,13H2,1-5H3. The monoisotopic (exact) mass is 311 g/mol. The molecule has 0 unspecified atom stereocenters. The highest BCUT2D eigenvalue weighted by Crippen LogP contribution is 2.28. The first-order valence-electron chi connectivity index (χ1n) is 7.58. The van der Waals surface area contributed by atoms with Crippen LogP contribution in [-0.4, -0.2) is 30.8 Å². The molecule has 0 radical (unpaired) electrons. The van der Waals surface area contributed by atoms with Crippen LogP contribution in [0, 0.1) is 0 Å². The first-order valence-corrected chi connectivity index (χ1v) is 8.74. The minimum atomic E-state index is 0.109. The predicted octanol–water partition coefficient (Wildman–Crippen LogP) is 4.11. The second-order valence-electron chi connectivity index (χ2n) is 5.99. The Kier molecular flexibility index (Phi) is 7.97. The summed E-state index contributed by atoms with van der Waals surface area (Å²) in [5.41, 5.74) is 1.32. The summed E-state index contributed by atoms with van der Waals surface area (Å²) in [6.07, 6.45) is 1.06.